The van der Waals surface area contributed by atoms with Crippen molar-refractivity contribution >= 4 is 23.5 Å². The van der Waals surface area contributed by atoms with Gasteiger partial charge in [-0.05, 0) is 37.0 Å². The van der Waals surface area contributed by atoms with Crippen molar-refractivity contribution in [3.05, 3.63) is 29.1 Å². The van der Waals surface area contributed by atoms with Crippen molar-refractivity contribution in [1.82, 2.24) is 5.32 Å². The monoisotopic (exact) mass is 362 g/mol. The van der Waals surface area contributed by atoms with Gasteiger partial charge in [-0.25, -0.2) is 4.39 Å². The van der Waals surface area contributed by atoms with E-state index < -0.39 is 29.7 Å². The number of halogens is 1. The average molecular weight is 362 g/mol. The molecule has 2 atom stereocenters. The van der Waals surface area contributed by atoms with Gasteiger partial charge in [-0.2, -0.15) is 0 Å². The highest BCUT2D eigenvalue weighted by molar-refractivity contribution is 5.98. The van der Waals surface area contributed by atoms with E-state index in [9.17, 15) is 23.9 Å². The number of carboxylic acids is 1. The summed E-state index contributed by atoms with van der Waals surface area (Å²) in [6.07, 6.45) is 5.49. The molecule has 2 amide bonds. The van der Waals surface area contributed by atoms with E-state index in [1.165, 1.54) is 6.07 Å². The van der Waals surface area contributed by atoms with Gasteiger partial charge in [0, 0.05) is 18.2 Å². The van der Waals surface area contributed by atoms with Gasteiger partial charge in [0.25, 0.3) is 5.91 Å². The van der Waals surface area contributed by atoms with Crippen molar-refractivity contribution in [3.8, 4) is 0 Å². The maximum Gasteiger partial charge on any atom is 0.308 e. The third-order valence-electron chi connectivity index (χ3n) is 5.23. The van der Waals surface area contributed by atoms with Crippen LogP contribution in [0.15, 0.2) is 12.1 Å². The second-order valence-electron chi connectivity index (χ2n) is 7.05. The number of carbonyl (C=O) groups excluding carboxylic acids is 2. The van der Waals surface area contributed by atoms with E-state index in [4.69, 9.17) is 0 Å². The summed E-state index contributed by atoms with van der Waals surface area (Å²) in [5, 5.41) is 14.8. The zero-order valence-electron chi connectivity index (χ0n) is 14.5. The lowest BCUT2D eigenvalue weighted by Gasteiger charge is -2.27. The van der Waals surface area contributed by atoms with Crippen LogP contribution in [-0.4, -0.2) is 28.9 Å². The predicted octanol–water partition coefficient (Wildman–Crippen LogP) is 2.86. The number of hydrogen-bond acceptors (Lipinski definition) is 3. The van der Waals surface area contributed by atoms with Gasteiger partial charge in [-0.15, -0.1) is 0 Å². The highest BCUT2D eigenvalue weighted by Gasteiger charge is 2.31. The maximum absolute atomic E-state index is 14.4. The van der Waals surface area contributed by atoms with Crippen LogP contribution in [-0.2, 0) is 16.0 Å². The Labute approximate surface area is 151 Å². The molecule has 1 aromatic rings. The molecule has 1 fully saturated rings. The minimum atomic E-state index is -0.925. The largest absolute Gasteiger partial charge is 0.481 e. The summed E-state index contributed by atoms with van der Waals surface area (Å²) < 4.78 is 14.4. The molecule has 0 saturated heterocycles. The van der Waals surface area contributed by atoms with Gasteiger partial charge in [0.1, 0.15) is 5.82 Å². The van der Waals surface area contributed by atoms with E-state index in [1.807, 2.05) is 0 Å². The van der Waals surface area contributed by atoms with Gasteiger partial charge < -0.3 is 15.7 Å². The average Bonchev–Trinajstić information content (AvgIpc) is 2.56. The molecule has 7 heteroatoms. The molecule has 1 heterocycles. The van der Waals surface area contributed by atoms with E-state index >= 15 is 0 Å². The topological polar surface area (TPSA) is 95.5 Å². The summed E-state index contributed by atoms with van der Waals surface area (Å²) in [7, 11) is 0. The van der Waals surface area contributed by atoms with E-state index in [2.05, 4.69) is 10.6 Å². The Morgan fingerprint density at radius 1 is 1.12 bits per heavy atom. The first-order valence-electron chi connectivity index (χ1n) is 9.11. The second kappa shape index (κ2) is 7.85. The summed E-state index contributed by atoms with van der Waals surface area (Å²) in [6, 6.07) is 2.11. The summed E-state index contributed by atoms with van der Waals surface area (Å²) >= 11 is 0. The minimum absolute atomic E-state index is 0.105. The van der Waals surface area contributed by atoms with Crippen molar-refractivity contribution in [2.45, 2.75) is 57.4 Å². The van der Waals surface area contributed by atoms with E-state index in [1.54, 1.807) is 0 Å². The molecule has 0 bridgehead atoms. The van der Waals surface area contributed by atoms with Gasteiger partial charge >= 0.3 is 5.97 Å². The lowest BCUT2D eigenvalue weighted by atomic mass is 9.86. The number of amides is 2. The normalized spacial score (nSPS) is 23.2. The molecule has 140 valence electrons. The minimum Gasteiger partial charge on any atom is -0.481 e. The van der Waals surface area contributed by atoms with Crippen LogP contribution < -0.4 is 10.6 Å². The van der Waals surface area contributed by atoms with Crippen LogP contribution in [0, 0.1) is 11.7 Å². The number of aryl methyl sites for hydroxylation is 1. The molecular weight excluding hydrogens is 339 g/mol. The molecule has 2 unspecified atom stereocenters. The Morgan fingerprint density at radius 2 is 1.85 bits per heavy atom. The van der Waals surface area contributed by atoms with Gasteiger partial charge in [0.05, 0.1) is 11.5 Å². The quantitative estimate of drug-likeness (QED) is 0.770. The number of anilines is 1. The first kappa shape index (κ1) is 18.4. The molecule has 0 aromatic heterocycles. The fraction of sp³-hybridized carbons (Fsp3) is 0.526. The molecule has 1 aromatic carbocycles. The number of carbonyl (C=O) groups is 3. The summed E-state index contributed by atoms with van der Waals surface area (Å²) in [5.41, 5.74) is 0.999. The zero-order valence-corrected chi connectivity index (χ0v) is 14.5. The second-order valence-corrected chi connectivity index (χ2v) is 7.05. The lowest BCUT2D eigenvalue weighted by Crippen LogP contribution is -2.44. The number of nitrogens with one attached hydrogen (secondary N) is 2. The number of hydrogen-bond donors (Lipinski definition) is 3. The van der Waals surface area contributed by atoms with Crippen LogP contribution in [0.2, 0.25) is 0 Å². The predicted molar refractivity (Wildman–Crippen MR) is 93.4 cm³/mol. The Kier molecular flexibility index (Phi) is 5.54. The molecule has 1 aliphatic heterocycles. The first-order chi connectivity index (χ1) is 12.5. The number of benzene rings is 1. The molecule has 0 radical (unpaired) electrons. The fourth-order valence-corrected chi connectivity index (χ4v) is 3.78. The van der Waals surface area contributed by atoms with Crippen LogP contribution in [0.1, 0.15) is 60.9 Å². The number of fused-ring (bicyclic) bond motifs is 1. The van der Waals surface area contributed by atoms with Crippen LogP contribution >= 0.6 is 0 Å². The van der Waals surface area contributed by atoms with Crippen molar-refractivity contribution in [1.29, 1.82) is 0 Å². The third-order valence-corrected chi connectivity index (χ3v) is 5.23. The van der Waals surface area contributed by atoms with E-state index in [-0.39, 0.29) is 11.5 Å². The molecular formula is C19H23FN2O4. The van der Waals surface area contributed by atoms with E-state index in [0.29, 0.717) is 36.9 Å². The summed E-state index contributed by atoms with van der Waals surface area (Å²) in [4.78, 5) is 35.6. The van der Waals surface area contributed by atoms with Crippen molar-refractivity contribution < 1.29 is 23.9 Å². The molecule has 1 saturated carbocycles. The van der Waals surface area contributed by atoms with Gasteiger partial charge in [0.2, 0.25) is 5.91 Å². The van der Waals surface area contributed by atoms with E-state index in [0.717, 1.165) is 31.7 Å². The first-order valence-corrected chi connectivity index (χ1v) is 9.11. The van der Waals surface area contributed by atoms with Crippen molar-refractivity contribution in [2.24, 2.45) is 5.92 Å². The third kappa shape index (κ3) is 4.03. The molecule has 26 heavy (non-hydrogen) atoms. The van der Waals surface area contributed by atoms with Crippen LogP contribution in [0.5, 0.6) is 0 Å². The fourth-order valence-electron chi connectivity index (χ4n) is 3.78. The zero-order chi connectivity index (χ0) is 18.7. The highest BCUT2D eigenvalue weighted by atomic mass is 19.1. The van der Waals surface area contributed by atoms with Crippen LogP contribution in [0.25, 0.3) is 0 Å². The Morgan fingerprint density at radius 3 is 2.58 bits per heavy atom. The molecule has 3 rings (SSSR count). The Hall–Kier alpha value is -2.44. The Bertz CT molecular complexity index is 734. The standard InChI is InChI=1S/C19H23FN2O4/c20-14-10-16-11(7-8-17(23)21-16)9-13(14)18(24)22-15-6-4-2-1-3-5-12(15)19(25)26/h9-10,12,15H,1-8H2,(H,21,23)(H,22,24)(H,25,26). The smallest absolute Gasteiger partial charge is 0.308 e. The van der Waals surface area contributed by atoms with Crippen LogP contribution in [0.4, 0.5) is 10.1 Å². The maximum atomic E-state index is 14.4. The molecule has 1 aliphatic carbocycles. The van der Waals surface area contributed by atoms with Crippen molar-refractivity contribution in [3.63, 3.8) is 0 Å². The van der Waals surface area contributed by atoms with Crippen LogP contribution in [0.3, 0.4) is 0 Å². The highest BCUT2D eigenvalue weighted by Crippen LogP contribution is 2.27. The molecule has 0 spiro atoms. The summed E-state index contributed by atoms with van der Waals surface area (Å²) in [6.45, 7) is 0. The molecule has 3 N–H and O–H groups in total. The SMILES string of the molecule is O=C1CCc2cc(C(=O)NC3CCCCCCC3C(=O)O)c(F)cc2N1. The lowest BCUT2D eigenvalue weighted by molar-refractivity contribution is -0.143. The Balaban J connectivity index is 1.79. The molecule has 2 aliphatic rings. The number of carboxylic acid groups (broad SMARTS) is 1. The van der Waals surface area contributed by atoms with Gasteiger partial charge in [-0.3, -0.25) is 14.4 Å². The van der Waals surface area contributed by atoms with Gasteiger partial charge in [-0.1, -0.05) is 25.7 Å². The molecule has 6 nitrogen and oxygen atoms in total. The van der Waals surface area contributed by atoms with Crippen molar-refractivity contribution in [2.75, 3.05) is 5.32 Å². The number of aliphatic carboxylic acids is 1. The number of rotatable bonds is 3. The van der Waals surface area contributed by atoms with Gasteiger partial charge in [0.15, 0.2) is 0 Å². The summed E-state index contributed by atoms with van der Waals surface area (Å²) in [5.74, 6) is -3.07.